The third-order valence-electron chi connectivity index (χ3n) is 1.21. The molecule has 0 spiro atoms. The predicted molar refractivity (Wildman–Crippen MR) is 38.2 cm³/mol. The van der Waals surface area contributed by atoms with E-state index in [1.165, 1.54) is 0 Å². The highest BCUT2D eigenvalue weighted by Gasteiger charge is 2.04. The monoisotopic (exact) mass is 132 g/mol. The molecule has 0 radical (unpaired) electrons. The molecule has 0 fully saturated rings. The Morgan fingerprint density at radius 3 is 2.22 bits per heavy atom. The first-order chi connectivity index (χ1) is 4.20. The largest absolute Gasteiger partial charge is 0.396 e. The van der Waals surface area contributed by atoms with Crippen LogP contribution in [0.2, 0.25) is 0 Å². The van der Waals surface area contributed by atoms with Gasteiger partial charge in [0.1, 0.15) is 0 Å². The fraction of sp³-hybridized carbons (Fsp3) is 1.00. The van der Waals surface area contributed by atoms with E-state index in [0.29, 0.717) is 6.54 Å². The van der Waals surface area contributed by atoms with Crippen LogP contribution in [0.4, 0.5) is 0 Å². The van der Waals surface area contributed by atoms with E-state index in [2.05, 4.69) is 0 Å². The minimum atomic E-state index is 0.189. The summed E-state index contributed by atoms with van der Waals surface area (Å²) in [6, 6.07) is 0. The van der Waals surface area contributed by atoms with Crippen molar-refractivity contribution in [2.24, 2.45) is 11.7 Å². The van der Waals surface area contributed by atoms with Crippen LogP contribution >= 0.6 is 0 Å². The van der Waals surface area contributed by atoms with Crippen molar-refractivity contribution in [2.45, 2.75) is 0 Å². The van der Waals surface area contributed by atoms with Crippen molar-refractivity contribution in [1.29, 1.82) is 0 Å². The van der Waals surface area contributed by atoms with Gasteiger partial charge in [-0.25, -0.2) is 0 Å². The van der Waals surface area contributed by atoms with Gasteiger partial charge in [0.15, 0.2) is 0 Å². The van der Waals surface area contributed by atoms with E-state index >= 15 is 0 Å². The van der Waals surface area contributed by atoms with Crippen molar-refractivity contribution >= 4 is 0 Å². The van der Waals surface area contributed by atoms with Gasteiger partial charge in [0.05, 0.1) is 0 Å². The van der Waals surface area contributed by atoms with E-state index in [9.17, 15) is 0 Å². The van der Waals surface area contributed by atoms with Crippen LogP contribution in [0.5, 0.6) is 0 Å². The number of nitrogens with two attached hydrogens (primary N) is 1. The maximum atomic E-state index is 8.67. The Hall–Kier alpha value is -0.120. The van der Waals surface area contributed by atoms with Crippen molar-refractivity contribution in [2.75, 3.05) is 33.8 Å². The third-order valence-corrected chi connectivity index (χ3v) is 1.21. The first-order valence-electron chi connectivity index (χ1n) is 3.16. The summed E-state index contributed by atoms with van der Waals surface area (Å²) in [5.41, 5.74) is 5.34. The lowest BCUT2D eigenvalue weighted by molar-refractivity contribution is 0.197. The highest BCUT2D eigenvalue weighted by molar-refractivity contribution is 4.59. The minimum Gasteiger partial charge on any atom is -0.396 e. The predicted octanol–water partition coefficient (Wildman–Crippen LogP) is -0.885. The van der Waals surface area contributed by atoms with Gasteiger partial charge in [-0.2, -0.15) is 0 Å². The van der Waals surface area contributed by atoms with Crippen LogP contribution in [0, 0.1) is 5.92 Å². The van der Waals surface area contributed by atoms with E-state index in [-0.39, 0.29) is 12.5 Å². The van der Waals surface area contributed by atoms with E-state index in [0.717, 1.165) is 6.54 Å². The van der Waals surface area contributed by atoms with Crippen LogP contribution in [0.1, 0.15) is 0 Å². The molecule has 3 nitrogen and oxygen atoms in total. The minimum absolute atomic E-state index is 0.189. The van der Waals surface area contributed by atoms with Crippen molar-refractivity contribution in [3.63, 3.8) is 0 Å². The first-order valence-corrected chi connectivity index (χ1v) is 3.16. The van der Waals surface area contributed by atoms with Crippen LogP contribution in [-0.4, -0.2) is 43.8 Å². The van der Waals surface area contributed by atoms with Gasteiger partial charge < -0.3 is 15.7 Å². The van der Waals surface area contributed by atoms with Crippen molar-refractivity contribution in [3.05, 3.63) is 0 Å². The number of rotatable bonds is 4. The molecule has 0 aliphatic carbocycles. The summed E-state index contributed by atoms with van der Waals surface area (Å²) in [4.78, 5) is 2.02. The van der Waals surface area contributed by atoms with Gasteiger partial charge in [-0.05, 0) is 20.6 Å². The fourth-order valence-corrected chi connectivity index (χ4v) is 0.723. The summed E-state index contributed by atoms with van der Waals surface area (Å²) in [6.45, 7) is 1.62. The highest BCUT2D eigenvalue weighted by atomic mass is 16.3. The smallest absolute Gasteiger partial charge is 0.0483 e. The van der Waals surface area contributed by atoms with Gasteiger partial charge in [0.25, 0.3) is 0 Å². The molecule has 0 aromatic rings. The van der Waals surface area contributed by atoms with Crippen LogP contribution in [0.3, 0.4) is 0 Å². The van der Waals surface area contributed by atoms with Crippen LogP contribution < -0.4 is 5.73 Å². The van der Waals surface area contributed by atoms with Gasteiger partial charge in [-0.15, -0.1) is 0 Å². The van der Waals surface area contributed by atoms with Gasteiger partial charge in [0.2, 0.25) is 0 Å². The topological polar surface area (TPSA) is 49.5 Å². The fourth-order valence-electron chi connectivity index (χ4n) is 0.723. The second kappa shape index (κ2) is 4.73. The second-order valence-corrected chi connectivity index (χ2v) is 2.55. The van der Waals surface area contributed by atoms with Crippen LogP contribution in [0.15, 0.2) is 0 Å². The molecule has 1 atom stereocenters. The summed E-state index contributed by atoms with van der Waals surface area (Å²) >= 11 is 0. The molecule has 0 heterocycles. The van der Waals surface area contributed by atoms with E-state index in [1.54, 1.807) is 0 Å². The number of hydrogen-bond donors (Lipinski definition) is 2. The van der Waals surface area contributed by atoms with Crippen molar-refractivity contribution in [3.8, 4) is 0 Å². The van der Waals surface area contributed by atoms with E-state index < -0.39 is 0 Å². The number of hydrogen-bond acceptors (Lipinski definition) is 3. The molecule has 0 saturated heterocycles. The molecule has 0 saturated carbocycles. The summed E-state index contributed by atoms with van der Waals surface area (Å²) in [5.74, 6) is 0.236. The standard InChI is InChI=1S/C6H16N2O/c1-8(2)4-6(3-7)5-9/h6,9H,3-5,7H2,1-2H3. The summed E-state index contributed by atoms with van der Waals surface area (Å²) < 4.78 is 0. The van der Waals surface area contributed by atoms with E-state index in [4.69, 9.17) is 10.8 Å². The Kier molecular flexibility index (Phi) is 4.67. The zero-order chi connectivity index (χ0) is 7.28. The molecule has 0 rings (SSSR count). The zero-order valence-electron chi connectivity index (χ0n) is 6.17. The average molecular weight is 132 g/mol. The Balaban J connectivity index is 3.31. The quantitative estimate of drug-likeness (QED) is 0.522. The summed E-state index contributed by atoms with van der Waals surface area (Å²) in [7, 11) is 3.94. The molecule has 3 N–H and O–H groups in total. The lowest BCUT2D eigenvalue weighted by Crippen LogP contribution is -2.29. The molecule has 0 amide bonds. The number of aliphatic hydroxyl groups is 1. The molecule has 56 valence electrons. The number of aliphatic hydroxyl groups excluding tert-OH is 1. The lowest BCUT2D eigenvalue weighted by Gasteiger charge is -2.16. The maximum Gasteiger partial charge on any atom is 0.0483 e. The maximum absolute atomic E-state index is 8.67. The average Bonchev–Trinajstić information content (AvgIpc) is 1.82. The normalized spacial score (nSPS) is 14.3. The first kappa shape index (κ1) is 8.88. The molecular formula is C6H16N2O. The molecule has 0 bridgehead atoms. The van der Waals surface area contributed by atoms with Gasteiger partial charge >= 0.3 is 0 Å². The molecule has 0 aliphatic heterocycles. The molecule has 0 aromatic heterocycles. The summed E-state index contributed by atoms with van der Waals surface area (Å²) in [6.07, 6.45) is 0. The Bertz CT molecular complexity index is 62.1. The van der Waals surface area contributed by atoms with Gasteiger partial charge in [-0.3, -0.25) is 0 Å². The van der Waals surface area contributed by atoms with Gasteiger partial charge in [-0.1, -0.05) is 0 Å². The molecular weight excluding hydrogens is 116 g/mol. The molecule has 3 heteroatoms. The molecule has 9 heavy (non-hydrogen) atoms. The highest BCUT2D eigenvalue weighted by Crippen LogP contribution is 1.92. The Morgan fingerprint density at radius 1 is 1.56 bits per heavy atom. The molecule has 0 aromatic carbocycles. The number of nitrogens with zero attached hydrogens (tertiary/aromatic N) is 1. The zero-order valence-corrected chi connectivity index (χ0v) is 6.17. The van der Waals surface area contributed by atoms with Crippen LogP contribution in [0.25, 0.3) is 0 Å². The SMILES string of the molecule is CN(C)CC(CN)CO. The third kappa shape index (κ3) is 4.39. The second-order valence-electron chi connectivity index (χ2n) is 2.55. The Labute approximate surface area is 56.5 Å². The summed E-state index contributed by atoms with van der Waals surface area (Å²) in [5, 5.41) is 8.67. The van der Waals surface area contributed by atoms with Crippen molar-refractivity contribution in [1.82, 2.24) is 4.90 Å². The van der Waals surface area contributed by atoms with Crippen LogP contribution in [-0.2, 0) is 0 Å². The Morgan fingerprint density at radius 2 is 2.11 bits per heavy atom. The molecule has 0 aliphatic rings. The van der Waals surface area contributed by atoms with E-state index in [1.807, 2.05) is 19.0 Å². The van der Waals surface area contributed by atoms with Gasteiger partial charge in [0, 0.05) is 19.1 Å². The molecule has 1 unspecified atom stereocenters. The lowest BCUT2D eigenvalue weighted by atomic mass is 10.1. The van der Waals surface area contributed by atoms with Crippen molar-refractivity contribution < 1.29 is 5.11 Å².